The Bertz CT molecular complexity index is 810. The van der Waals surface area contributed by atoms with Crippen LogP contribution in [0.3, 0.4) is 0 Å². The quantitative estimate of drug-likeness (QED) is 0.539. The highest BCUT2D eigenvalue weighted by molar-refractivity contribution is 5.85. The van der Waals surface area contributed by atoms with E-state index in [-0.39, 0.29) is 42.8 Å². The first kappa shape index (κ1) is 23.7. The molecule has 0 aliphatic heterocycles. The number of halogens is 1. The SMILES string of the molecule is CC(C(=O)NCCc1ccc(OCC(=O)NC2CC2)cc1)C(N)c1ccccc1.Cl. The van der Waals surface area contributed by atoms with Crippen LogP contribution in [-0.2, 0) is 16.0 Å². The summed E-state index contributed by atoms with van der Waals surface area (Å²) >= 11 is 0. The Balaban J connectivity index is 0.00000320. The number of nitrogens with one attached hydrogen (secondary N) is 2. The molecule has 0 saturated heterocycles. The van der Waals surface area contributed by atoms with Crippen LogP contribution in [0.1, 0.15) is 36.9 Å². The second-order valence-corrected chi connectivity index (χ2v) is 7.54. The lowest BCUT2D eigenvalue weighted by atomic mass is 9.94. The van der Waals surface area contributed by atoms with Gasteiger partial charge in [0.1, 0.15) is 5.75 Å². The average molecular weight is 432 g/mol. The molecule has 0 radical (unpaired) electrons. The van der Waals surface area contributed by atoms with E-state index in [0.717, 1.165) is 24.0 Å². The number of hydrogen-bond donors (Lipinski definition) is 3. The number of carbonyl (C=O) groups excluding carboxylic acids is 2. The Labute approximate surface area is 184 Å². The van der Waals surface area contributed by atoms with Crippen LogP contribution >= 0.6 is 12.4 Å². The lowest BCUT2D eigenvalue weighted by Gasteiger charge is -2.19. The molecule has 3 rings (SSSR count). The maximum Gasteiger partial charge on any atom is 0.258 e. The number of carbonyl (C=O) groups is 2. The predicted octanol–water partition coefficient (Wildman–Crippen LogP) is 2.76. The van der Waals surface area contributed by atoms with E-state index in [1.807, 2.05) is 61.5 Å². The van der Waals surface area contributed by atoms with E-state index in [1.54, 1.807) is 0 Å². The number of amides is 2. The number of ether oxygens (including phenoxy) is 1. The number of nitrogens with two attached hydrogens (primary N) is 1. The summed E-state index contributed by atoms with van der Waals surface area (Å²) in [5.74, 6) is 0.214. The molecule has 0 bridgehead atoms. The van der Waals surface area contributed by atoms with Crippen molar-refractivity contribution in [1.82, 2.24) is 10.6 Å². The molecule has 2 unspecified atom stereocenters. The molecule has 0 aromatic heterocycles. The lowest BCUT2D eigenvalue weighted by Crippen LogP contribution is -2.36. The number of benzene rings is 2. The molecule has 1 fully saturated rings. The minimum absolute atomic E-state index is 0. The van der Waals surface area contributed by atoms with Crippen molar-refractivity contribution < 1.29 is 14.3 Å². The first-order chi connectivity index (χ1) is 14.0. The molecule has 1 aliphatic rings. The summed E-state index contributed by atoms with van der Waals surface area (Å²) < 4.78 is 5.50. The van der Waals surface area contributed by atoms with Crippen molar-refractivity contribution >= 4 is 24.2 Å². The highest BCUT2D eigenvalue weighted by Crippen LogP contribution is 2.20. The molecule has 2 atom stereocenters. The summed E-state index contributed by atoms with van der Waals surface area (Å²) in [5.41, 5.74) is 8.25. The van der Waals surface area contributed by atoms with Crippen LogP contribution in [0.2, 0.25) is 0 Å². The van der Waals surface area contributed by atoms with Crippen molar-refractivity contribution in [3.05, 3.63) is 65.7 Å². The van der Waals surface area contributed by atoms with E-state index in [2.05, 4.69) is 10.6 Å². The van der Waals surface area contributed by atoms with Gasteiger partial charge < -0.3 is 21.1 Å². The minimum Gasteiger partial charge on any atom is -0.484 e. The van der Waals surface area contributed by atoms with Crippen molar-refractivity contribution in [3.8, 4) is 5.75 Å². The van der Waals surface area contributed by atoms with Gasteiger partial charge in [-0.1, -0.05) is 49.4 Å². The van der Waals surface area contributed by atoms with Crippen LogP contribution in [0.4, 0.5) is 0 Å². The van der Waals surface area contributed by atoms with Crippen LogP contribution in [0.5, 0.6) is 5.75 Å². The van der Waals surface area contributed by atoms with Crippen LogP contribution in [-0.4, -0.2) is 31.0 Å². The molecule has 0 heterocycles. The molecule has 1 aliphatic carbocycles. The molecule has 4 N–H and O–H groups in total. The minimum atomic E-state index is -0.329. The standard InChI is InChI=1S/C23H29N3O3.ClH/c1-16(22(24)18-5-3-2-4-6-18)23(28)25-14-13-17-7-11-20(12-8-17)29-15-21(27)26-19-9-10-19;/h2-8,11-12,16,19,22H,9-10,13-15,24H2,1H3,(H,25,28)(H,26,27);1H. The van der Waals surface area contributed by atoms with Crippen molar-refractivity contribution in [3.63, 3.8) is 0 Å². The number of hydrogen-bond acceptors (Lipinski definition) is 4. The molecule has 2 aromatic carbocycles. The summed E-state index contributed by atoms with van der Waals surface area (Å²) in [6, 6.07) is 17.2. The van der Waals surface area contributed by atoms with Crippen molar-refractivity contribution in [2.24, 2.45) is 11.7 Å². The Morgan fingerprint density at radius 1 is 1.10 bits per heavy atom. The fourth-order valence-corrected chi connectivity index (χ4v) is 3.02. The Morgan fingerprint density at radius 3 is 2.40 bits per heavy atom. The third-order valence-electron chi connectivity index (χ3n) is 5.09. The molecular weight excluding hydrogens is 402 g/mol. The molecule has 162 valence electrons. The molecule has 2 aromatic rings. The molecular formula is C23H30ClN3O3. The van der Waals surface area contributed by atoms with Gasteiger partial charge in [-0.3, -0.25) is 9.59 Å². The van der Waals surface area contributed by atoms with E-state index in [0.29, 0.717) is 24.8 Å². The number of rotatable bonds is 10. The maximum absolute atomic E-state index is 12.4. The van der Waals surface area contributed by atoms with Gasteiger partial charge in [-0.25, -0.2) is 0 Å². The van der Waals surface area contributed by atoms with Gasteiger partial charge in [-0.15, -0.1) is 12.4 Å². The van der Waals surface area contributed by atoms with Gasteiger partial charge in [0.15, 0.2) is 6.61 Å². The summed E-state index contributed by atoms with van der Waals surface area (Å²) in [6.45, 7) is 2.42. The zero-order valence-electron chi connectivity index (χ0n) is 17.2. The maximum atomic E-state index is 12.4. The van der Waals surface area contributed by atoms with E-state index in [9.17, 15) is 9.59 Å². The highest BCUT2D eigenvalue weighted by atomic mass is 35.5. The molecule has 6 nitrogen and oxygen atoms in total. The van der Waals surface area contributed by atoms with Gasteiger partial charge in [-0.05, 0) is 42.5 Å². The van der Waals surface area contributed by atoms with Gasteiger partial charge in [0.2, 0.25) is 5.91 Å². The van der Waals surface area contributed by atoms with E-state index in [4.69, 9.17) is 10.5 Å². The molecule has 2 amide bonds. The summed E-state index contributed by atoms with van der Waals surface area (Å²) in [4.78, 5) is 24.0. The van der Waals surface area contributed by atoms with Gasteiger partial charge in [0.25, 0.3) is 5.91 Å². The third-order valence-corrected chi connectivity index (χ3v) is 5.09. The molecule has 0 spiro atoms. The van der Waals surface area contributed by atoms with E-state index < -0.39 is 0 Å². The zero-order chi connectivity index (χ0) is 20.6. The summed E-state index contributed by atoms with van der Waals surface area (Å²) in [6.07, 6.45) is 2.84. The summed E-state index contributed by atoms with van der Waals surface area (Å²) in [5, 5.41) is 5.85. The average Bonchev–Trinajstić information content (AvgIpc) is 3.56. The second-order valence-electron chi connectivity index (χ2n) is 7.54. The second kappa shape index (κ2) is 11.6. The largest absolute Gasteiger partial charge is 0.484 e. The normalized spacial score (nSPS) is 14.7. The van der Waals surface area contributed by atoms with Gasteiger partial charge >= 0.3 is 0 Å². The molecule has 1 saturated carbocycles. The Kier molecular flexibility index (Phi) is 9.15. The summed E-state index contributed by atoms with van der Waals surface area (Å²) in [7, 11) is 0. The lowest BCUT2D eigenvalue weighted by molar-refractivity contribution is -0.125. The highest BCUT2D eigenvalue weighted by Gasteiger charge is 2.23. The van der Waals surface area contributed by atoms with Gasteiger partial charge in [0.05, 0.1) is 5.92 Å². The molecule has 30 heavy (non-hydrogen) atoms. The Morgan fingerprint density at radius 2 is 1.77 bits per heavy atom. The Hall–Kier alpha value is -2.57. The third kappa shape index (κ3) is 7.35. The fraction of sp³-hybridized carbons (Fsp3) is 0.391. The topological polar surface area (TPSA) is 93.4 Å². The van der Waals surface area contributed by atoms with Crippen LogP contribution in [0.15, 0.2) is 54.6 Å². The van der Waals surface area contributed by atoms with Crippen LogP contribution in [0, 0.1) is 5.92 Å². The van der Waals surface area contributed by atoms with E-state index in [1.165, 1.54) is 0 Å². The molecule has 7 heteroatoms. The zero-order valence-corrected chi connectivity index (χ0v) is 18.0. The van der Waals surface area contributed by atoms with Crippen LogP contribution < -0.4 is 21.1 Å². The monoisotopic (exact) mass is 431 g/mol. The van der Waals surface area contributed by atoms with Gasteiger partial charge in [0, 0.05) is 18.6 Å². The van der Waals surface area contributed by atoms with E-state index >= 15 is 0 Å². The predicted molar refractivity (Wildman–Crippen MR) is 120 cm³/mol. The van der Waals surface area contributed by atoms with Gasteiger partial charge in [-0.2, -0.15) is 0 Å². The van der Waals surface area contributed by atoms with Crippen molar-refractivity contribution in [2.75, 3.05) is 13.2 Å². The van der Waals surface area contributed by atoms with Crippen LogP contribution in [0.25, 0.3) is 0 Å². The van der Waals surface area contributed by atoms with Crippen molar-refractivity contribution in [2.45, 2.75) is 38.3 Å². The fourth-order valence-electron chi connectivity index (χ4n) is 3.02. The smallest absolute Gasteiger partial charge is 0.258 e. The van der Waals surface area contributed by atoms with Crippen molar-refractivity contribution in [1.29, 1.82) is 0 Å². The first-order valence-corrected chi connectivity index (χ1v) is 10.1. The first-order valence-electron chi connectivity index (χ1n) is 10.1.